The van der Waals surface area contributed by atoms with Crippen molar-refractivity contribution < 1.29 is 0 Å². The highest BCUT2D eigenvalue weighted by molar-refractivity contribution is 7.71. The van der Waals surface area contributed by atoms with Gasteiger partial charge in [-0.1, -0.05) is 13.3 Å². The van der Waals surface area contributed by atoms with E-state index in [2.05, 4.69) is 17.1 Å². The second kappa shape index (κ2) is 4.41. The van der Waals surface area contributed by atoms with Gasteiger partial charge in [-0.3, -0.25) is 4.57 Å². The van der Waals surface area contributed by atoms with Gasteiger partial charge >= 0.3 is 0 Å². The molecule has 0 fully saturated rings. The Bertz CT molecular complexity index is 312. The van der Waals surface area contributed by atoms with Gasteiger partial charge in [0.2, 0.25) is 5.95 Å². The molecule has 5 heteroatoms. The summed E-state index contributed by atoms with van der Waals surface area (Å²) in [4.78, 5) is 1.96. The number of nitrogens with zero attached hydrogens (tertiary/aromatic N) is 3. The maximum absolute atomic E-state index is 5.12. The lowest BCUT2D eigenvalue weighted by atomic mass is 10.3. The van der Waals surface area contributed by atoms with E-state index in [4.69, 9.17) is 12.2 Å². The van der Waals surface area contributed by atoms with Gasteiger partial charge in [-0.15, -0.1) is 5.10 Å². The number of nitrogens with one attached hydrogen (secondary N) is 1. The van der Waals surface area contributed by atoms with Crippen molar-refractivity contribution in [2.24, 2.45) is 0 Å². The van der Waals surface area contributed by atoms with Crippen molar-refractivity contribution in [3.8, 4) is 0 Å². The molecule has 1 heterocycles. The molecule has 0 radical (unpaired) electrons. The maximum Gasteiger partial charge on any atom is 0.225 e. The third-order valence-corrected chi connectivity index (χ3v) is 2.19. The van der Waals surface area contributed by atoms with Crippen LogP contribution in [0.5, 0.6) is 0 Å². The van der Waals surface area contributed by atoms with Gasteiger partial charge in [0.25, 0.3) is 0 Å². The molecule has 13 heavy (non-hydrogen) atoms. The molecule has 0 bridgehead atoms. The Hall–Kier alpha value is -0.840. The fourth-order valence-electron chi connectivity index (χ4n) is 1.17. The van der Waals surface area contributed by atoms with E-state index in [9.17, 15) is 0 Å². The Labute approximate surface area is 83.6 Å². The van der Waals surface area contributed by atoms with Gasteiger partial charge < -0.3 is 4.90 Å². The van der Waals surface area contributed by atoms with Gasteiger partial charge in [0.1, 0.15) is 0 Å². The average molecular weight is 200 g/mol. The summed E-state index contributed by atoms with van der Waals surface area (Å²) < 4.78 is 2.73. The quantitative estimate of drug-likeness (QED) is 0.753. The van der Waals surface area contributed by atoms with E-state index in [1.165, 1.54) is 6.42 Å². The highest BCUT2D eigenvalue weighted by Gasteiger charge is 2.06. The van der Waals surface area contributed by atoms with Gasteiger partial charge in [0.15, 0.2) is 4.77 Å². The molecule has 0 unspecified atom stereocenters. The van der Waals surface area contributed by atoms with E-state index in [1.807, 2.05) is 23.6 Å². The number of aromatic nitrogens is 3. The van der Waals surface area contributed by atoms with Crippen LogP contribution >= 0.6 is 12.2 Å². The maximum atomic E-state index is 5.12. The number of aromatic amines is 1. The molecule has 1 aromatic rings. The Balaban J connectivity index is 2.88. The minimum absolute atomic E-state index is 0.706. The predicted octanol–water partition coefficient (Wildman–Crippen LogP) is 1.81. The van der Waals surface area contributed by atoms with Crippen molar-refractivity contribution in [2.45, 2.75) is 26.3 Å². The number of H-pyrrole nitrogens is 1. The summed E-state index contributed by atoms with van der Waals surface area (Å²) in [6, 6.07) is 0. The summed E-state index contributed by atoms with van der Waals surface area (Å²) >= 11 is 5.12. The fourth-order valence-corrected chi connectivity index (χ4v) is 1.39. The van der Waals surface area contributed by atoms with Crippen LogP contribution in [-0.4, -0.2) is 28.9 Å². The zero-order chi connectivity index (χ0) is 9.84. The minimum atomic E-state index is 0.706. The highest BCUT2D eigenvalue weighted by Crippen LogP contribution is 2.08. The summed E-state index contributed by atoms with van der Waals surface area (Å²) in [7, 11) is 3.93. The number of hydrogen-bond acceptors (Lipinski definition) is 3. The second-order valence-electron chi connectivity index (χ2n) is 3.23. The zero-order valence-electron chi connectivity index (χ0n) is 8.37. The molecule has 1 rings (SSSR count). The third kappa shape index (κ3) is 2.30. The van der Waals surface area contributed by atoms with Crippen LogP contribution in [0.3, 0.4) is 0 Å². The van der Waals surface area contributed by atoms with Crippen LogP contribution < -0.4 is 4.90 Å². The van der Waals surface area contributed by atoms with E-state index in [0.29, 0.717) is 4.77 Å². The molecular formula is C8H16N4S. The molecular weight excluding hydrogens is 184 g/mol. The highest BCUT2D eigenvalue weighted by atomic mass is 32.1. The molecule has 0 aliphatic heterocycles. The summed E-state index contributed by atoms with van der Waals surface area (Å²) in [5, 5.41) is 6.94. The summed E-state index contributed by atoms with van der Waals surface area (Å²) in [6.07, 6.45) is 2.30. The van der Waals surface area contributed by atoms with Gasteiger partial charge in [-0.05, 0) is 18.6 Å². The number of unbranched alkanes of at least 4 members (excludes halogenated alkanes) is 1. The molecule has 1 aromatic heterocycles. The normalized spacial score (nSPS) is 10.4. The molecule has 0 aromatic carbocycles. The first kappa shape index (κ1) is 10.2. The molecule has 0 saturated heterocycles. The molecule has 1 N–H and O–H groups in total. The molecule has 0 saturated carbocycles. The zero-order valence-corrected chi connectivity index (χ0v) is 9.19. The van der Waals surface area contributed by atoms with Crippen LogP contribution in [0, 0.1) is 4.77 Å². The van der Waals surface area contributed by atoms with E-state index >= 15 is 0 Å². The monoisotopic (exact) mass is 200 g/mol. The van der Waals surface area contributed by atoms with Crippen molar-refractivity contribution in [3.63, 3.8) is 0 Å². The number of rotatable bonds is 4. The first-order valence-corrected chi connectivity index (χ1v) is 4.90. The largest absolute Gasteiger partial charge is 0.347 e. The SMILES string of the molecule is CCCCn1c(N(C)C)n[nH]c1=S. The van der Waals surface area contributed by atoms with E-state index < -0.39 is 0 Å². The average Bonchev–Trinajstić information content (AvgIpc) is 2.43. The lowest BCUT2D eigenvalue weighted by molar-refractivity contribution is 0.621. The molecule has 0 atom stereocenters. The van der Waals surface area contributed by atoms with E-state index in [-0.39, 0.29) is 0 Å². The second-order valence-corrected chi connectivity index (χ2v) is 3.62. The fraction of sp³-hybridized carbons (Fsp3) is 0.750. The molecule has 74 valence electrons. The van der Waals surface area contributed by atoms with E-state index in [1.54, 1.807) is 0 Å². The van der Waals surface area contributed by atoms with Crippen LogP contribution in [0.2, 0.25) is 0 Å². The molecule has 4 nitrogen and oxygen atoms in total. The van der Waals surface area contributed by atoms with Crippen molar-refractivity contribution in [2.75, 3.05) is 19.0 Å². The Morgan fingerprint density at radius 3 is 2.77 bits per heavy atom. The van der Waals surface area contributed by atoms with Crippen LogP contribution in [-0.2, 0) is 6.54 Å². The van der Waals surface area contributed by atoms with Crippen molar-refractivity contribution in [3.05, 3.63) is 4.77 Å². The van der Waals surface area contributed by atoms with Crippen LogP contribution in [0.4, 0.5) is 5.95 Å². The van der Waals surface area contributed by atoms with Gasteiger partial charge in [0.05, 0.1) is 0 Å². The summed E-state index contributed by atoms with van der Waals surface area (Å²) in [5.41, 5.74) is 0. The van der Waals surface area contributed by atoms with Crippen molar-refractivity contribution >= 4 is 18.2 Å². The van der Waals surface area contributed by atoms with Crippen molar-refractivity contribution in [1.82, 2.24) is 14.8 Å². The van der Waals surface area contributed by atoms with Gasteiger partial charge in [0, 0.05) is 20.6 Å². The van der Waals surface area contributed by atoms with Crippen LogP contribution in [0.25, 0.3) is 0 Å². The summed E-state index contributed by atoms with van der Waals surface area (Å²) in [5.74, 6) is 0.901. The Kier molecular flexibility index (Phi) is 3.48. The smallest absolute Gasteiger partial charge is 0.225 e. The van der Waals surface area contributed by atoms with Gasteiger partial charge in [-0.25, -0.2) is 5.10 Å². The first-order chi connectivity index (χ1) is 6.16. The van der Waals surface area contributed by atoms with Crippen LogP contribution in [0.1, 0.15) is 19.8 Å². The van der Waals surface area contributed by atoms with Gasteiger partial charge in [-0.2, -0.15) is 0 Å². The summed E-state index contributed by atoms with van der Waals surface area (Å²) in [6.45, 7) is 3.11. The predicted molar refractivity (Wildman–Crippen MR) is 56.6 cm³/mol. The molecule has 0 aliphatic carbocycles. The topological polar surface area (TPSA) is 36.9 Å². The minimum Gasteiger partial charge on any atom is -0.347 e. The molecule has 0 spiro atoms. The Morgan fingerprint density at radius 2 is 2.23 bits per heavy atom. The number of anilines is 1. The standard InChI is InChI=1S/C8H16N4S/c1-4-5-6-12-7(11(2)3)9-10-8(12)13/h4-6H2,1-3H3,(H,10,13). The van der Waals surface area contributed by atoms with E-state index in [0.717, 1.165) is 18.9 Å². The lowest BCUT2D eigenvalue weighted by Gasteiger charge is -2.12. The lowest BCUT2D eigenvalue weighted by Crippen LogP contribution is -2.15. The first-order valence-electron chi connectivity index (χ1n) is 4.49. The Morgan fingerprint density at radius 1 is 1.54 bits per heavy atom. The number of hydrogen-bond donors (Lipinski definition) is 1. The third-order valence-electron chi connectivity index (χ3n) is 1.87. The van der Waals surface area contributed by atoms with Crippen LogP contribution in [0.15, 0.2) is 0 Å². The molecule has 0 amide bonds. The molecule has 0 aliphatic rings. The van der Waals surface area contributed by atoms with Crippen molar-refractivity contribution in [1.29, 1.82) is 0 Å².